The molecule has 1 amide bonds. The van der Waals surface area contributed by atoms with Gasteiger partial charge in [-0.3, -0.25) is 10.1 Å². The molecule has 2 aromatic rings. The number of nitrogens with one attached hydrogen (secondary N) is 2. The summed E-state index contributed by atoms with van der Waals surface area (Å²) in [5.41, 5.74) is 8.22. The lowest BCUT2D eigenvalue weighted by Crippen LogP contribution is -2.51. The maximum atomic E-state index is 13.2. The number of unbranched alkanes of at least 4 members (excludes halogenated alkanes) is 1. The Morgan fingerprint density at radius 2 is 1.79 bits per heavy atom. The van der Waals surface area contributed by atoms with Crippen molar-refractivity contribution in [3.63, 3.8) is 0 Å². The number of hydrogen-bond donors (Lipinski definition) is 4. The van der Waals surface area contributed by atoms with E-state index in [9.17, 15) is 9.90 Å². The van der Waals surface area contributed by atoms with Crippen LogP contribution in [0, 0.1) is 5.92 Å². The number of benzene rings is 2. The quantitative estimate of drug-likeness (QED) is 0.292. The second-order valence-electron chi connectivity index (χ2n) is 9.38. The fraction of sp³-hybridized carbons (Fsp3) is 0.464. The van der Waals surface area contributed by atoms with Crippen molar-refractivity contribution >= 4 is 23.6 Å². The highest BCUT2D eigenvalue weighted by Crippen LogP contribution is 2.15. The van der Waals surface area contributed by atoms with E-state index in [4.69, 9.17) is 17.3 Å². The summed E-state index contributed by atoms with van der Waals surface area (Å²) in [6.07, 6.45) is 8.62. The van der Waals surface area contributed by atoms with E-state index in [1.54, 1.807) is 12.1 Å². The van der Waals surface area contributed by atoms with Gasteiger partial charge in [0, 0.05) is 23.7 Å². The molecule has 0 heterocycles. The van der Waals surface area contributed by atoms with E-state index in [2.05, 4.69) is 43.6 Å². The Labute approximate surface area is 209 Å². The van der Waals surface area contributed by atoms with Gasteiger partial charge in [0.1, 0.15) is 5.75 Å². The smallest absolute Gasteiger partial charge is 0.237 e. The Hall–Kier alpha value is -2.34. The van der Waals surface area contributed by atoms with Crippen LogP contribution in [0.25, 0.3) is 6.08 Å². The predicted octanol–water partition coefficient (Wildman–Crippen LogP) is 5.31. The number of phenols is 1. The zero-order valence-corrected chi connectivity index (χ0v) is 21.4. The molecule has 0 aliphatic carbocycles. The maximum absolute atomic E-state index is 13.2. The van der Waals surface area contributed by atoms with Gasteiger partial charge in [-0.1, -0.05) is 81.6 Å². The first-order chi connectivity index (χ1) is 16.3. The second kappa shape index (κ2) is 14.8. The van der Waals surface area contributed by atoms with Crippen LogP contribution in [0.3, 0.4) is 0 Å². The van der Waals surface area contributed by atoms with Crippen molar-refractivity contribution in [2.45, 2.75) is 71.0 Å². The van der Waals surface area contributed by atoms with E-state index >= 15 is 0 Å². The summed E-state index contributed by atoms with van der Waals surface area (Å²) >= 11 is 6.01. The van der Waals surface area contributed by atoms with Crippen LogP contribution in [0.2, 0.25) is 5.02 Å². The average Bonchev–Trinajstić information content (AvgIpc) is 2.81. The number of carbonyl (C=O) groups is 1. The second-order valence-corrected chi connectivity index (χ2v) is 9.82. The molecule has 34 heavy (non-hydrogen) atoms. The molecular weight excluding hydrogens is 446 g/mol. The standard InChI is InChI=1S/C28H40ClN3O2/c1-4-5-6-24(30)19-31-28(34)27(18-22-10-15-26(33)16-11-22)32-25(17-20(2)3)14-9-21-7-12-23(29)13-8-21/h7-16,20,24-25,27,32-33H,4-6,17-19,30H2,1-3H3,(H,31,34)/b14-9-/t24-,25+,27-/m0/s1. The molecule has 5 N–H and O–H groups in total. The van der Waals surface area contributed by atoms with Crippen LogP contribution in [0.15, 0.2) is 54.6 Å². The summed E-state index contributed by atoms with van der Waals surface area (Å²) in [6.45, 7) is 6.94. The van der Waals surface area contributed by atoms with Crippen molar-refractivity contribution in [3.05, 3.63) is 70.8 Å². The zero-order chi connectivity index (χ0) is 24.9. The van der Waals surface area contributed by atoms with Crippen molar-refractivity contribution in [2.75, 3.05) is 6.54 Å². The van der Waals surface area contributed by atoms with Gasteiger partial charge in [0.2, 0.25) is 5.91 Å². The molecule has 186 valence electrons. The molecule has 0 spiro atoms. The van der Waals surface area contributed by atoms with Crippen LogP contribution in [0.5, 0.6) is 5.75 Å². The Morgan fingerprint density at radius 1 is 1.12 bits per heavy atom. The molecule has 2 aromatic carbocycles. The lowest BCUT2D eigenvalue weighted by atomic mass is 9.99. The highest BCUT2D eigenvalue weighted by atomic mass is 35.5. The number of carbonyl (C=O) groups excluding carboxylic acids is 1. The topological polar surface area (TPSA) is 87.4 Å². The van der Waals surface area contributed by atoms with Crippen molar-refractivity contribution in [2.24, 2.45) is 11.7 Å². The molecule has 6 heteroatoms. The fourth-order valence-corrected chi connectivity index (χ4v) is 3.91. The third-order valence-electron chi connectivity index (χ3n) is 5.69. The van der Waals surface area contributed by atoms with Gasteiger partial charge in [-0.15, -0.1) is 0 Å². The number of amides is 1. The van der Waals surface area contributed by atoms with Gasteiger partial charge in [-0.05, 0) is 60.6 Å². The van der Waals surface area contributed by atoms with E-state index in [1.807, 2.05) is 36.4 Å². The normalized spacial score (nSPS) is 14.3. The molecule has 2 rings (SSSR count). The van der Waals surface area contributed by atoms with Gasteiger partial charge in [0.05, 0.1) is 6.04 Å². The molecule has 0 radical (unpaired) electrons. The third kappa shape index (κ3) is 10.7. The highest BCUT2D eigenvalue weighted by molar-refractivity contribution is 6.30. The molecule has 0 aromatic heterocycles. The third-order valence-corrected chi connectivity index (χ3v) is 5.94. The first-order valence-electron chi connectivity index (χ1n) is 12.3. The van der Waals surface area contributed by atoms with Crippen LogP contribution in [0.1, 0.15) is 57.6 Å². The number of phenolic OH excluding ortho intramolecular Hbond substituents is 1. The Balaban J connectivity index is 2.16. The van der Waals surface area contributed by atoms with Crippen molar-refractivity contribution in [3.8, 4) is 5.75 Å². The molecule has 0 saturated carbocycles. The van der Waals surface area contributed by atoms with E-state index in [1.165, 1.54) is 0 Å². The molecule has 0 saturated heterocycles. The number of halogens is 1. The zero-order valence-electron chi connectivity index (χ0n) is 20.6. The minimum Gasteiger partial charge on any atom is -0.508 e. The van der Waals surface area contributed by atoms with E-state index in [0.29, 0.717) is 23.9 Å². The summed E-state index contributed by atoms with van der Waals surface area (Å²) in [6, 6.07) is 14.2. The van der Waals surface area contributed by atoms with E-state index in [-0.39, 0.29) is 23.7 Å². The predicted molar refractivity (Wildman–Crippen MR) is 143 cm³/mol. The van der Waals surface area contributed by atoms with Crippen molar-refractivity contribution < 1.29 is 9.90 Å². The van der Waals surface area contributed by atoms with Crippen LogP contribution in [-0.4, -0.2) is 35.7 Å². The number of aromatic hydroxyl groups is 1. The largest absolute Gasteiger partial charge is 0.508 e. The number of rotatable bonds is 14. The molecule has 0 unspecified atom stereocenters. The molecule has 5 nitrogen and oxygen atoms in total. The SMILES string of the molecule is CCCC[C@H](N)CNC(=O)[C@H](Cc1ccc(O)cc1)N[C@H](/C=C\c1ccc(Cl)cc1)CC(C)C. The van der Waals surface area contributed by atoms with Crippen molar-refractivity contribution in [1.29, 1.82) is 0 Å². The molecule has 0 fully saturated rings. The van der Waals surface area contributed by atoms with Gasteiger partial charge in [0.25, 0.3) is 0 Å². The molecule has 0 bridgehead atoms. The van der Waals surface area contributed by atoms with Crippen LogP contribution < -0.4 is 16.4 Å². The van der Waals surface area contributed by atoms with Crippen LogP contribution >= 0.6 is 11.6 Å². The fourth-order valence-electron chi connectivity index (χ4n) is 3.79. The molecule has 3 atom stereocenters. The lowest BCUT2D eigenvalue weighted by molar-refractivity contribution is -0.123. The van der Waals surface area contributed by atoms with Gasteiger partial charge < -0.3 is 16.2 Å². The van der Waals surface area contributed by atoms with Crippen LogP contribution in [0.4, 0.5) is 0 Å². The molecular formula is C28H40ClN3O2. The van der Waals surface area contributed by atoms with Gasteiger partial charge in [-0.25, -0.2) is 0 Å². The lowest BCUT2D eigenvalue weighted by Gasteiger charge is -2.25. The first-order valence-corrected chi connectivity index (χ1v) is 12.7. The van der Waals surface area contributed by atoms with Crippen LogP contribution in [-0.2, 0) is 11.2 Å². The summed E-state index contributed by atoms with van der Waals surface area (Å²) in [5.74, 6) is 0.601. The monoisotopic (exact) mass is 485 g/mol. The summed E-state index contributed by atoms with van der Waals surface area (Å²) in [7, 11) is 0. The van der Waals surface area contributed by atoms with Gasteiger partial charge >= 0.3 is 0 Å². The Kier molecular flexibility index (Phi) is 12.2. The summed E-state index contributed by atoms with van der Waals surface area (Å²) in [4.78, 5) is 13.2. The van der Waals surface area contributed by atoms with Gasteiger partial charge in [0.15, 0.2) is 0 Å². The van der Waals surface area contributed by atoms with E-state index in [0.717, 1.165) is 36.8 Å². The van der Waals surface area contributed by atoms with Crippen molar-refractivity contribution in [1.82, 2.24) is 10.6 Å². The molecule has 0 aliphatic rings. The number of hydrogen-bond acceptors (Lipinski definition) is 4. The summed E-state index contributed by atoms with van der Waals surface area (Å²) < 4.78 is 0. The minimum absolute atomic E-state index is 0.0114. The number of nitrogens with two attached hydrogens (primary N) is 1. The van der Waals surface area contributed by atoms with Gasteiger partial charge in [-0.2, -0.15) is 0 Å². The maximum Gasteiger partial charge on any atom is 0.237 e. The highest BCUT2D eigenvalue weighted by Gasteiger charge is 2.22. The summed E-state index contributed by atoms with van der Waals surface area (Å²) in [5, 5.41) is 17.0. The first kappa shape index (κ1) is 27.9. The Bertz CT molecular complexity index is 882. The Morgan fingerprint density at radius 3 is 2.41 bits per heavy atom. The molecule has 0 aliphatic heterocycles. The van der Waals surface area contributed by atoms with E-state index < -0.39 is 6.04 Å². The minimum atomic E-state index is -0.429. The average molecular weight is 486 g/mol.